The SMILES string of the molecule is COC(=O)c1sc(NC(=O)c2ccc(-c3cccc([N+](=O)[O-])c3)o2)c(C#N)c1C. The summed E-state index contributed by atoms with van der Waals surface area (Å²) in [5.74, 6) is -1.01. The molecule has 0 bridgehead atoms. The van der Waals surface area contributed by atoms with E-state index in [2.05, 4.69) is 10.1 Å². The molecule has 1 N–H and O–H groups in total. The highest BCUT2D eigenvalue weighted by Gasteiger charge is 2.23. The van der Waals surface area contributed by atoms with Crippen LogP contribution >= 0.6 is 11.3 Å². The zero-order valence-corrected chi connectivity index (χ0v) is 16.0. The van der Waals surface area contributed by atoms with E-state index < -0.39 is 16.8 Å². The van der Waals surface area contributed by atoms with Gasteiger partial charge in [-0.25, -0.2) is 4.79 Å². The Morgan fingerprint density at radius 1 is 1.31 bits per heavy atom. The highest BCUT2D eigenvalue weighted by molar-refractivity contribution is 7.18. The molecular formula is C19H13N3O6S. The Labute approximate surface area is 168 Å². The van der Waals surface area contributed by atoms with Crippen LogP contribution in [0.4, 0.5) is 10.7 Å². The van der Waals surface area contributed by atoms with Crippen LogP contribution < -0.4 is 5.32 Å². The predicted octanol–water partition coefficient (Wildman–Crippen LogP) is 4.14. The molecule has 2 aromatic heterocycles. The number of carbonyl (C=O) groups excluding carboxylic acids is 2. The number of thiophene rings is 1. The molecule has 146 valence electrons. The van der Waals surface area contributed by atoms with Crippen molar-refractivity contribution in [2.45, 2.75) is 6.92 Å². The van der Waals surface area contributed by atoms with Gasteiger partial charge in [-0.15, -0.1) is 11.3 Å². The first kappa shape index (κ1) is 19.8. The third kappa shape index (κ3) is 3.85. The van der Waals surface area contributed by atoms with Crippen LogP contribution in [0.2, 0.25) is 0 Å². The topological polar surface area (TPSA) is 135 Å². The third-order valence-corrected chi connectivity index (χ3v) is 5.22. The molecule has 29 heavy (non-hydrogen) atoms. The number of hydrogen-bond acceptors (Lipinski definition) is 8. The molecule has 0 aliphatic rings. The number of methoxy groups -OCH3 is 1. The lowest BCUT2D eigenvalue weighted by Gasteiger charge is -2.01. The lowest BCUT2D eigenvalue weighted by atomic mass is 10.1. The van der Waals surface area contributed by atoms with Crippen molar-refractivity contribution >= 4 is 33.9 Å². The summed E-state index contributed by atoms with van der Waals surface area (Å²) in [5.41, 5.74) is 0.912. The van der Waals surface area contributed by atoms with Gasteiger partial charge in [0, 0.05) is 17.7 Å². The van der Waals surface area contributed by atoms with Crippen molar-refractivity contribution < 1.29 is 23.7 Å². The summed E-state index contributed by atoms with van der Waals surface area (Å²) in [5, 5.41) is 23.0. The Morgan fingerprint density at radius 2 is 2.07 bits per heavy atom. The zero-order valence-electron chi connectivity index (χ0n) is 15.2. The number of rotatable bonds is 5. The van der Waals surface area contributed by atoms with Crippen molar-refractivity contribution in [3.63, 3.8) is 0 Å². The van der Waals surface area contributed by atoms with E-state index in [1.54, 1.807) is 13.0 Å². The van der Waals surface area contributed by atoms with Gasteiger partial charge < -0.3 is 14.5 Å². The van der Waals surface area contributed by atoms with Crippen molar-refractivity contribution in [1.82, 2.24) is 0 Å². The number of esters is 1. The summed E-state index contributed by atoms with van der Waals surface area (Å²) >= 11 is 0.929. The van der Waals surface area contributed by atoms with Crippen molar-refractivity contribution in [3.05, 3.63) is 68.3 Å². The molecule has 0 spiro atoms. The molecule has 0 atom stereocenters. The summed E-state index contributed by atoms with van der Waals surface area (Å²) < 4.78 is 10.2. The normalized spacial score (nSPS) is 10.2. The minimum Gasteiger partial charge on any atom is -0.465 e. The van der Waals surface area contributed by atoms with Crippen LogP contribution in [-0.4, -0.2) is 23.9 Å². The Hall–Kier alpha value is -3.97. The number of nitrogens with one attached hydrogen (secondary N) is 1. The number of furan rings is 1. The minimum atomic E-state index is -0.629. The molecule has 3 aromatic rings. The quantitative estimate of drug-likeness (QED) is 0.379. The van der Waals surface area contributed by atoms with E-state index in [0.717, 1.165) is 11.3 Å². The van der Waals surface area contributed by atoms with Crippen LogP contribution in [0, 0.1) is 28.4 Å². The standard InChI is InChI=1S/C19H13N3O6S/c1-10-13(9-20)18(29-16(10)19(24)27-2)21-17(23)15-7-6-14(28-15)11-4-3-5-12(8-11)22(25)26/h3-8H,1-2H3,(H,21,23). The maximum Gasteiger partial charge on any atom is 0.348 e. The molecular weight excluding hydrogens is 398 g/mol. The molecule has 0 radical (unpaired) electrons. The molecule has 0 unspecified atom stereocenters. The van der Waals surface area contributed by atoms with Crippen molar-refractivity contribution in [3.8, 4) is 17.4 Å². The predicted molar refractivity (Wildman–Crippen MR) is 104 cm³/mol. The highest BCUT2D eigenvalue weighted by atomic mass is 32.1. The first-order valence-corrected chi connectivity index (χ1v) is 8.95. The largest absolute Gasteiger partial charge is 0.465 e. The minimum absolute atomic E-state index is 0.0546. The van der Waals surface area contributed by atoms with Gasteiger partial charge in [0.1, 0.15) is 21.7 Å². The third-order valence-electron chi connectivity index (χ3n) is 4.03. The maximum atomic E-state index is 12.5. The number of nitrogens with zero attached hydrogens (tertiary/aromatic N) is 2. The Balaban J connectivity index is 1.87. The second-order valence-corrected chi connectivity index (χ2v) is 6.81. The van der Waals surface area contributed by atoms with Crippen LogP contribution in [0.25, 0.3) is 11.3 Å². The number of benzene rings is 1. The molecule has 1 aromatic carbocycles. The molecule has 3 rings (SSSR count). The molecule has 2 heterocycles. The summed E-state index contributed by atoms with van der Waals surface area (Å²) in [6.45, 7) is 1.59. The van der Waals surface area contributed by atoms with Crippen LogP contribution in [0.15, 0.2) is 40.8 Å². The number of anilines is 1. The van der Waals surface area contributed by atoms with Crippen molar-refractivity contribution in [2.75, 3.05) is 12.4 Å². The lowest BCUT2D eigenvalue weighted by molar-refractivity contribution is -0.384. The fraction of sp³-hybridized carbons (Fsp3) is 0.105. The smallest absolute Gasteiger partial charge is 0.348 e. The molecule has 9 nitrogen and oxygen atoms in total. The van der Waals surface area contributed by atoms with Gasteiger partial charge in [-0.3, -0.25) is 14.9 Å². The van der Waals surface area contributed by atoms with E-state index in [9.17, 15) is 25.0 Å². The van der Waals surface area contributed by atoms with Gasteiger partial charge in [0.05, 0.1) is 17.6 Å². The van der Waals surface area contributed by atoms with Gasteiger partial charge in [0.25, 0.3) is 11.6 Å². The molecule has 0 saturated heterocycles. The van der Waals surface area contributed by atoms with Gasteiger partial charge in [0.2, 0.25) is 0 Å². The summed E-state index contributed by atoms with van der Waals surface area (Å²) in [6, 6.07) is 10.7. The van der Waals surface area contributed by atoms with Gasteiger partial charge >= 0.3 is 5.97 Å². The monoisotopic (exact) mass is 411 g/mol. The summed E-state index contributed by atoms with van der Waals surface area (Å²) in [4.78, 5) is 34.9. The van der Waals surface area contributed by atoms with Crippen molar-refractivity contribution in [1.29, 1.82) is 5.26 Å². The Bertz CT molecular complexity index is 1170. The number of non-ortho nitro benzene ring substituents is 1. The number of nitriles is 1. The van der Waals surface area contributed by atoms with E-state index in [-0.39, 0.29) is 32.6 Å². The molecule has 0 fully saturated rings. The number of ether oxygens (including phenoxy) is 1. The lowest BCUT2D eigenvalue weighted by Crippen LogP contribution is -2.10. The van der Waals surface area contributed by atoms with E-state index >= 15 is 0 Å². The van der Waals surface area contributed by atoms with E-state index in [1.807, 2.05) is 6.07 Å². The first-order chi connectivity index (χ1) is 13.8. The number of carbonyl (C=O) groups is 2. The first-order valence-electron chi connectivity index (χ1n) is 8.13. The average molecular weight is 411 g/mol. The number of nitro benzene ring substituents is 1. The second-order valence-electron chi connectivity index (χ2n) is 5.79. The fourth-order valence-electron chi connectivity index (χ4n) is 2.58. The summed E-state index contributed by atoms with van der Waals surface area (Å²) in [7, 11) is 1.23. The highest BCUT2D eigenvalue weighted by Crippen LogP contribution is 2.33. The molecule has 0 aliphatic carbocycles. The molecule has 1 amide bonds. The van der Waals surface area contributed by atoms with Gasteiger partial charge in [-0.05, 0) is 24.6 Å². The molecule has 0 aliphatic heterocycles. The number of nitro groups is 1. The van der Waals surface area contributed by atoms with Gasteiger partial charge in [0.15, 0.2) is 5.76 Å². The number of hydrogen-bond donors (Lipinski definition) is 1. The zero-order chi connectivity index (χ0) is 21.1. The number of amides is 1. The van der Waals surface area contributed by atoms with Crippen LogP contribution in [0.3, 0.4) is 0 Å². The Morgan fingerprint density at radius 3 is 2.72 bits per heavy atom. The van der Waals surface area contributed by atoms with E-state index in [0.29, 0.717) is 11.1 Å². The van der Waals surface area contributed by atoms with Gasteiger partial charge in [-0.2, -0.15) is 5.26 Å². The van der Waals surface area contributed by atoms with E-state index in [4.69, 9.17) is 4.42 Å². The van der Waals surface area contributed by atoms with Crippen LogP contribution in [-0.2, 0) is 4.74 Å². The molecule has 0 saturated carbocycles. The summed E-state index contributed by atoms with van der Waals surface area (Å²) in [6.07, 6.45) is 0. The van der Waals surface area contributed by atoms with Crippen molar-refractivity contribution in [2.24, 2.45) is 0 Å². The molecule has 10 heteroatoms. The van der Waals surface area contributed by atoms with E-state index in [1.165, 1.54) is 37.4 Å². The second kappa shape index (κ2) is 7.95. The average Bonchev–Trinajstić information content (AvgIpc) is 3.32. The van der Waals surface area contributed by atoms with Crippen LogP contribution in [0.1, 0.15) is 31.4 Å². The van der Waals surface area contributed by atoms with Crippen LogP contribution in [0.5, 0.6) is 0 Å². The van der Waals surface area contributed by atoms with Gasteiger partial charge in [-0.1, -0.05) is 12.1 Å². The maximum absolute atomic E-state index is 12.5. The Kier molecular flexibility index (Phi) is 5.43. The fourth-order valence-corrected chi connectivity index (χ4v) is 3.65.